The highest BCUT2D eigenvalue weighted by atomic mass is 19.1. The van der Waals surface area contributed by atoms with Gasteiger partial charge in [0.25, 0.3) is 5.91 Å². The van der Waals surface area contributed by atoms with E-state index in [2.05, 4.69) is 22.1 Å². The lowest BCUT2D eigenvalue weighted by atomic mass is 10.1. The summed E-state index contributed by atoms with van der Waals surface area (Å²) in [4.78, 5) is 14.5. The van der Waals surface area contributed by atoms with Crippen molar-refractivity contribution in [2.75, 3.05) is 26.7 Å². The summed E-state index contributed by atoms with van der Waals surface area (Å²) in [5, 5.41) is 11.7. The van der Waals surface area contributed by atoms with E-state index in [1.54, 1.807) is 0 Å². The lowest BCUT2D eigenvalue weighted by Crippen LogP contribution is -2.36. The summed E-state index contributed by atoms with van der Waals surface area (Å²) in [6.07, 6.45) is 1.21. The molecule has 5 heteroatoms. The minimum absolute atomic E-state index is 0.0573. The van der Waals surface area contributed by atoms with Crippen LogP contribution in [0.2, 0.25) is 0 Å². The van der Waals surface area contributed by atoms with Crippen LogP contribution in [0.25, 0.3) is 0 Å². The Morgan fingerprint density at radius 3 is 3.05 bits per heavy atom. The van der Waals surface area contributed by atoms with Gasteiger partial charge in [-0.3, -0.25) is 4.79 Å². The van der Waals surface area contributed by atoms with E-state index in [9.17, 15) is 9.18 Å². The molecule has 1 saturated heterocycles. The molecule has 1 atom stereocenters. The van der Waals surface area contributed by atoms with E-state index in [0.29, 0.717) is 17.5 Å². The molecule has 1 amide bonds. The summed E-state index contributed by atoms with van der Waals surface area (Å²) in [5.74, 6) is 4.81. The number of nitrogens with one attached hydrogen (secondary N) is 1. The maximum atomic E-state index is 13.3. The highest BCUT2D eigenvalue weighted by molar-refractivity contribution is 5.97. The van der Waals surface area contributed by atoms with Crippen molar-refractivity contribution < 1.29 is 14.3 Å². The van der Waals surface area contributed by atoms with E-state index in [4.69, 9.17) is 5.11 Å². The third-order valence-electron chi connectivity index (χ3n) is 3.41. The van der Waals surface area contributed by atoms with Crippen LogP contribution in [0.5, 0.6) is 0 Å². The number of nitrogens with zero attached hydrogens (tertiary/aromatic N) is 1. The Labute approximate surface area is 124 Å². The number of likely N-dealkylation sites (tertiary alicyclic amines) is 1. The summed E-state index contributed by atoms with van der Waals surface area (Å²) in [6.45, 7) is 1.72. The maximum Gasteiger partial charge on any atom is 0.252 e. The van der Waals surface area contributed by atoms with Gasteiger partial charge in [0.2, 0.25) is 0 Å². The average Bonchev–Trinajstić information content (AvgIpc) is 2.84. The first-order chi connectivity index (χ1) is 10.1. The predicted octanol–water partition coefficient (Wildman–Crippen LogP) is 0.993. The number of halogens is 1. The summed E-state index contributed by atoms with van der Waals surface area (Å²) in [6, 6.07) is 4.07. The molecule has 0 saturated carbocycles. The first-order valence-corrected chi connectivity index (χ1v) is 6.99. The Hall–Kier alpha value is -1.90. The molecule has 1 unspecified atom stereocenters. The predicted molar refractivity (Wildman–Crippen MR) is 78.3 cm³/mol. The summed E-state index contributed by atoms with van der Waals surface area (Å²) >= 11 is 0. The van der Waals surface area contributed by atoms with Crippen LogP contribution >= 0.6 is 0 Å². The van der Waals surface area contributed by atoms with Crippen molar-refractivity contribution >= 4 is 5.91 Å². The van der Waals surface area contributed by atoms with Crippen LogP contribution in [0.4, 0.5) is 4.39 Å². The van der Waals surface area contributed by atoms with Crippen molar-refractivity contribution in [3.8, 4) is 11.8 Å². The van der Waals surface area contributed by atoms with Crippen LogP contribution in [0.1, 0.15) is 28.8 Å². The molecule has 4 nitrogen and oxygen atoms in total. The Morgan fingerprint density at radius 1 is 1.57 bits per heavy atom. The summed E-state index contributed by atoms with van der Waals surface area (Å²) in [5.41, 5.74) is 0.726. The van der Waals surface area contributed by atoms with Gasteiger partial charge in [-0.15, -0.1) is 0 Å². The molecule has 0 radical (unpaired) electrons. The maximum absolute atomic E-state index is 13.3. The van der Waals surface area contributed by atoms with Gasteiger partial charge in [-0.25, -0.2) is 4.39 Å². The quantitative estimate of drug-likeness (QED) is 0.816. The number of benzene rings is 1. The van der Waals surface area contributed by atoms with Crippen molar-refractivity contribution in [2.24, 2.45) is 0 Å². The Morgan fingerprint density at radius 2 is 2.38 bits per heavy atom. The monoisotopic (exact) mass is 290 g/mol. The smallest absolute Gasteiger partial charge is 0.252 e. The van der Waals surface area contributed by atoms with Crippen LogP contribution < -0.4 is 5.32 Å². The molecule has 0 aromatic heterocycles. The van der Waals surface area contributed by atoms with E-state index in [1.165, 1.54) is 18.2 Å². The van der Waals surface area contributed by atoms with Crippen molar-refractivity contribution in [1.29, 1.82) is 0 Å². The zero-order chi connectivity index (χ0) is 15.2. The molecule has 0 bridgehead atoms. The fraction of sp³-hybridized carbons (Fsp3) is 0.438. The molecule has 0 spiro atoms. The number of carbonyl (C=O) groups is 1. The lowest BCUT2D eigenvalue weighted by Gasteiger charge is -2.13. The van der Waals surface area contributed by atoms with Gasteiger partial charge in [0.15, 0.2) is 0 Å². The molecular weight excluding hydrogens is 271 g/mol. The Balaban J connectivity index is 2.14. The minimum atomic E-state index is -0.430. The highest BCUT2D eigenvalue weighted by Gasteiger charge is 2.22. The molecule has 1 aromatic rings. The molecule has 2 rings (SSSR count). The molecule has 2 N–H and O–H groups in total. The molecule has 0 aliphatic carbocycles. The number of hydrogen-bond donors (Lipinski definition) is 2. The number of rotatable bonds is 3. The first kappa shape index (κ1) is 15.5. The van der Waals surface area contributed by atoms with Crippen LogP contribution in [0.15, 0.2) is 18.2 Å². The zero-order valence-corrected chi connectivity index (χ0v) is 12.0. The number of hydrogen-bond acceptors (Lipinski definition) is 3. The van der Waals surface area contributed by atoms with E-state index in [0.717, 1.165) is 19.5 Å². The van der Waals surface area contributed by atoms with Gasteiger partial charge in [-0.05, 0) is 38.2 Å². The van der Waals surface area contributed by atoms with Crippen molar-refractivity contribution in [2.45, 2.75) is 18.9 Å². The van der Waals surface area contributed by atoms with Gasteiger partial charge in [-0.2, -0.15) is 0 Å². The normalized spacial score (nSPS) is 18.1. The third-order valence-corrected chi connectivity index (χ3v) is 3.41. The molecule has 112 valence electrons. The highest BCUT2D eigenvalue weighted by Crippen LogP contribution is 2.13. The number of amides is 1. The van der Waals surface area contributed by atoms with Gasteiger partial charge < -0.3 is 15.3 Å². The third kappa shape index (κ3) is 4.28. The first-order valence-electron chi connectivity index (χ1n) is 6.99. The second-order valence-corrected chi connectivity index (χ2v) is 5.19. The molecule has 1 fully saturated rings. The zero-order valence-electron chi connectivity index (χ0n) is 12.0. The van der Waals surface area contributed by atoms with Crippen molar-refractivity contribution in [3.63, 3.8) is 0 Å². The van der Waals surface area contributed by atoms with Gasteiger partial charge in [0.1, 0.15) is 5.82 Å². The molecule has 1 aliphatic heterocycles. The Kier molecular flexibility index (Phi) is 5.32. The molecule has 1 heterocycles. The topological polar surface area (TPSA) is 52.6 Å². The fourth-order valence-corrected chi connectivity index (χ4v) is 2.35. The van der Waals surface area contributed by atoms with Crippen molar-refractivity contribution in [1.82, 2.24) is 10.2 Å². The molecule has 21 heavy (non-hydrogen) atoms. The second-order valence-electron chi connectivity index (χ2n) is 5.19. The number of aliphatic hydroxyl groups excluding tert-OH is 1. The van der Waals surface area contributed by atoms with Gasteiger partial charge in [0, 0.05) is 24.6 Å². The molecule has 1 aliphatic rings. The Bertz CT molecular complexity index is 577. The standard InChI is InChI=1S/C16H19FN2O2/c1-19-8-7-14(11-19)18-16(21)15-6-5-13(17)10-12(15)4-2-3-9-20/h5-6,10,14,20H,3,7-9,11H2,1H3,(H,18,21). The van der Waals surface area contributed by atoms with Crippen LogP contribution in [-0.2, 0) is 0 Å². The van der Waals surface area contributed by atoms with Gasteiger partial charge in [0.05, 0.1) is 12.2 Å². The van der Waals surface area contributed by atoms with Crippen LogP contribution in [0, 0.1) is 17.7 Å². The van der Waals surface area contributed by atoms with Crippen molar-refractivity contribution in [3.05, 3.63) is 35.1 Å². The fourth-order valence-electron chi connectivity index (χ4n) is 2.35. The number of likely N-dealkylation sites (N-methyl/N-ethyl adjacent to an activating group) is 1. The van der Waals surface area contributed by atoms with E-state index in [1.807, 2.05) is 7.05 Å². The summed E-state index contributed by atoms with van der Waals surface area (Å²) < 4.78 is 13.3. The lowest BCUT2D eigenvalue weighted by molar-refractivity contribution is 0.0938. The number of aliphatic hydroxyl groups is 1. The van der Waals surface area contributed by atoms with Gasteiger partial charge in [-0.1, -0.05) is 11.8 Å². The van der Waals surface area contributed by atoms with E-state index < -0.39 is 5.82 Å². The minimum Gasteiger partial charge on any atom is -0.395 e. The van der Waals surface area contributed by atoms with Crippen LogP contribution in [0.3, 0.4) is 0 Å². The second kappa shape index (κ2) is 7.21. The van der Waals surface area contributed by atoms with E-state index in [-0.39, 0.29) is 18.6 Å². The average molecular weight is 290 g/mol. The number of carbonyl (C=O) groups excluding carboxylic acids is 1. The largest absolute Gasteiger partial charge is 0.395 e. The molecular formula is C16H19FN2O2. The SMILES string of the molecule is CN1CCC(NC(=O)c2ccc(F)cc2C#CCCO)C1. The van der Waals surface area contributed by atoms with Gasteiger partial charge >= 0.3 is 0 Å². The molecule has 1 aromatic carbocycles. The van der Waals surface area contributed by atoms with E-state index >= 15 is 0 Å². The van der Waals surface area contributed by atoms with Crippen LogP contribution in [-0.4, -0.2) is 48.7 Å². The summed E-state index contributed by atoms with van der Waals surface area (Å²) in [7, 11) is 2.01.